The summed E-state index contributed by atoms with van der Waals surface area (Å²) in [5, 5.41) is 9.38. The summed E-state index contributed by atoms with van der Waals surface area (Å²) in [6.07, 6.45) is 0. The lowest BCUT2D eigenvalue weighted by molar-refractivity contribution is -0.196. The molecule has 0 atom stereocenters. The highest BCUT2D eigenvalue weighted by molar-refractivity contribution is 6.28. The summed E-state index contributed by atoms with van der Waals surface area (Å²) >= 11 is 0. The third-order valence-electron chi connectivity index (χ3n) is 1.09. The summed E-state index contributed by atoms with van der Waals surface area (Å²) in [6.45, 7) is 4.49. The maximum absolute atomic E-state index is 10.4. The summed E-state index contributed by atoms with van der Waals surface area (Å²) < 4.78 is 0. The highest BCUT2D eigenvalue weighted by Gasteiger charge is 2.15. The molecule has 0 unspecified atom stereocenters. The first kappa shape index (κ1) is 9.90. The molecule has 0 heterocycles. The zero-order valence-electron chi connectivity index (χ0n) is 6.53. The monoisotopic (exact) mass is 161 g/mol. The number of nitrogens with zero attached hydrogens (tertiary/aromatic N) is 1. The van der Waals surface area contributed by atoms with E-state index >= 15 is 0 Å². The van der Waals surface area contributed by atoms with E-state index in [-0.39, 0.29) is 0 Å². The van der Waals surface area contributed by atoms with Crippen LogP contribution in [-0.2, 0) is 14.4 Å². The molecule has 0 radical (unpaired) electrons. The Morgan fingerprint density at radius 1 is 1.36 bits per heavy atom. The van der Waals surface area contributed by atoms with E-state index in [9.17, 15) is 9.59 Å². The zero-order chi connectivity index (χ0) is 8.85. The molecule has 0 aromatic carbocycles. The van der Waals surface area contributed by atoms with Gasteiger partial charge >= 0.3 is 11.9 Å². The maximum Gasteiger partial charge on any atom is 0.436 e. The largest absolute Gasteiger partial charge is 0.473 e. The Morgan fingerprint density at radius 3 is 2.09 bits per heavy atom. The van der Waals surface area contributed by atoms with E-state index in [1.54, 1.807) is 13.8 Å². The highest BCUT2D eigenvalue weighted by Crippen LogP contribution is 1.89. The van der Waals surface area contributed by atoms with E-state index in [0.29, 0.717) is 13.1 Å². The van der Waals surface area contributed by atoms with Gasteiger partial charge in [0, 0.05) is 13.1 Å². The van der Waals surface area contributed by atoms with Crippen molar-refractivity contribution in [3.8, 4) is 0 Å². The van der Waals surface area contributed by atoms with Gasteiger partial charge in [-0.2, -0.15) is 0 Å². The van der Waals surface area contributed by atoms with Crippen molar-refractivity contribution in [2.45, 2.75) is 13.8 Å². The molecule has 64 valence electrons. The fourth-order valence-electron chi connectivity index (χ4n) is 0.509. The first-order valence-corrected chi connectivity index (χ1v) is 3.32. The van der Waals surface area contributed by atoms with Crippen LogP contribution in [0.2, 0.25) is 0 Å². The molecule has 0 rings (SSSR count). The predicted octanol–water partition coefficient (Wildman–Crippen LogP) is -0.129. The van der Waals surface area contributed by atoms with Crippen LogP contribution in [0.3, 0.4) is 0 Å². The first-order valence-electron chi connectivity index (χ1n) is 3.32. The molecule has 0 aliphatic carbocycles. The Bertz CT molecular complexity index is 153. The number of carbonyl (C=O) groups is 2. The van der Waals surface area contributed by atoms with Crippen LogP contribution in [0.5, 0.6) is 0 Å². The normalized spacial score (nSPS) is 9.73. The molecule has 0 aromatic heterocycles. The number of hydroxylamine groups is 2. The van der Waals surface area contributed by atoms with Crippen LogP contribution < -0.4 is 0 Å². The summed E-state index contributed by atoms with van der Waals surface area (Å²) in [5.41, 5.74) is 0. The van der Waals surface area contributed by atoms with Gasteiger partial charge in [-0.05, 0) is 13.8 Å². The third-order valence-corrected chi connectivity index (χ3v) is 1.09. The quantitative estimate of drug-likeness (QED) is 0.461. The fourth-order valence-corrected chi connectivity index (χ4v) is 0.509. The number of aliphatic carboxylic acids is 1. The van der Waals surface area contributed by atoms with Crippen molar-refractivity contribution in [2.75, 3.05) is 13.1 Å². The second-order valence-electron chi connectivity index (χ2n) is 1.80. The fraction of sp³-hybridized carbons (Fsp3) is 0.667. The smallest absolute Gasteiger partial charge is 0.436 e. The maximum atomic E-state index is 10.4. The van der Waals surface area contributed by atoms with Crippen molar-refractivity contribution in [3.63, 3.8) is 0 Å². The van der Waals surface area contributed by atoms with E-state index in [0.717, 1.165) is 0 Å². The van der Waals surface area contributed by atoms with Crippen LogP contribution in [-0.4, -0.2) is 35.2 Å². The molecule has 0 fully saturated rings. The van der Waals surface area contributed by atoms with Crippen LogP contribution in [0.15, 0.2) is 0 Å². The van der Waals surface area contributed by atoms with Crippen molar-refractivity contribution in [1.29, 1.82) is 0 Å². The lowest BCUT2D eigenvalue weighted by Gasteiger charge is -2.14. The van der Waals surface area contributed by atoms with Crippen LogP contribution >= 0.6 is 0 Å². The van der Waals surface area contributed by atoms with Gasteiger partial charge in [0.15, 0.2) is 0 Å². The van der Waals surface area contributed by atoms with E-state index in [2.05, 4.69) is 4.84 Å². The van der Waals surface area contributed by atoms with Crippen LogP contribution in [0.25, 0.3) is 0 Å². The first-order chi connectivity index (χ1) is 5.11. The Labute approximate surface area is 64.5 Å². The van der Waals surface area contributed by atoms with E-state index < -0.39 is 11.9 Å². The molecule has 0 aliphatic rings. The Kier molecular flexibility index (Phi) is 4.21. The van der Waals surface area contributed by atoms with Crippen molar-refractivity contribution >= 4 is 11.9 Å². The molecular formula is C6H11NO4. The molecule has 5 nitrogen and oxygen atoms in total. The Hall–Kier alpha value is -1.10. The molecule has 0 amide bonds. The molecule has 0 aromatic rings. The number of carboxylic acids is 1. The predicted molar refractivity (Wildman–Crippen MR) is 36.6 cm³/mol. The number of rotatable bonds is 3. The van der Waals surface area contributed by atoms with E-state index in [4.69, 9.17) is 5.11 Å². The molecule has 0 aliphatic heterocycles. The standard InChI is InChI=1S/C6H11NO4/c1-3-7(4-2)11-6(10)5(8)9/h3-4H2,1-2H3,(H,8,9). The van der Waals surface area contributed by atoms with Gasteiger partial charge < -0.3 is 9.94 Å². The van der Waals surface area contributed by atoms with Crippen LogP contribution in [0.1, 0.15) is 13.8 Å². The second kappa shape index (κ2) is 4.68. The van der Waals surface area contributed by atoms with E-state index in [1.807, 2.05) is 0 Å². The minimum Gasteiger partial charge on any atom is -0.473 e. The van der Waals surface area contributed by atoms with Gasteiger partial charge in [-0.25, -0.2) is 9.59 Å². The van der Waals surface area contributed by atoms with Gasteiger partial charge in [-0.15, -0.1) is 5.06 Å². The minimum absolute atomic E-state index is 0.482. The SMILES string of the molecule is CCN(CC)OC(=O)C(=O)O. The molecule has 0 saturated heterocycles. The summed E-state index contributed by atoms with van der Waals surface area (Å²) in [6, 6.07) is 0. The van der Waals surface area contributed by atoms with E-state index in [1.165, 1.54) is 5.06 Å². The number of hydrogen-bond acceptors (Lipinski definition) is 4. The molecule has 0 saturated carbocycles. The molecule has 1 N–H and O–H groups in total. The lowest BCUT2D eigenvalue weighted by Crippen LogP contribution is -2.30. The van der Waals surface area contributed by atoms with Gasteiger partial charge in [0.1, 0.15) is 0 Å². The lowest BCUT2D eigenvalue weighted by atomic mass is 10.6. The summed E-state index contributed by atoms with van der Waals surface area (Å²) in [7, 11) is 0. The minimum atomic E-state index is -1.57. The molecular weight excluding hydrogens is 150 g/mol. The summed E-state index contributed by atoms with van der Waals surface area (Å²) in [5.74, 6) is -2.81. The van der Waals surface area contributed by atoms with Gasteiger partial charge in [-0.1, -0.05) is 0 Å². The third kappa shape index (κ3) is 3.57. The van der Waals surface area contributed by atoms with Crippen molar-refractivity contribution in [3.05, 3.63) is 0 Å². The van der Waals surface area contributed by atoms with Gasteiger partial charge in [0.25, 0.3) is 0 Å². The van der Waals surface area contributed by atoms with Gasteiger partial charge in [0.05, 0.1) is 0 Å². The van der Waals surface area contributed by atoms with Crippen LogP contribution in [0, 0.1) is 0 Å². The molecule has 0 bridgehead atoms. The molecule has 0 spiro atoms. The average molecular weight is 161 g/mol. The van der Waals surface area contributed by atoms with Crippen molar-refractivity contribution < 1.29 is 19.5 Å². The zero-order valence-corrected chi connectivity index (χ0v) is 6.53. The van der Waals surface area contributed by atoms with Gasteiger partial charge in [-0.3, -0.25) is 0 Å². The Morgan fingerprint density at radius 2 is 1.82 bits per heavy atom. The highest BCUT2D eigenvalue weighted by atomic mass is 16.7. The average Bonchev–Trinajstić information content (AvgIpc) is 1.99. The second-order valence-corrected chi connectivity index (χ2v) is 1.80. The topological polar surface area (TPSA) is 66.8 Å². The molecule has 11 heavy (non-hydrogen) atoms. The summed E-state index contributed by atoms with van der Waals surface area (Å²) in [4.78, 5) is 24.8. The number of carboxylic acid groups (broad SMARTS) is 1. The van der Waals surface area contributed by atoms with Crippen LogP contribution in [0.4, 0.5) is 0 Å². The number of hydrogen-bond donors (Lipinski definition) is 1. The van der Waals surface area contributed by atoms with Crippen molar-refractivity contribution in [2.24, 2.45) is 0 Å². The number of carbonyl (C=O) groups excluding carboxylic acids is 1. The molecule has 5 heteroatoms. The van der Waals surface area contributed by atoms with Crippen molar-refractivity contribution in [1.82, 2.24) is 5.06 Å². The Balaban J connectivity index is 3.81. The van der Waals surface area contributed by atoms with Gasteiger partial charge in [0.2, 0.25) is 0 Å².